The molecule has 0 aliphatic heterocycles. The quantitative estimate of drug-likeness (QED) is 0.563. The standard InChI is InChI=1S/C23H21N3O2/c1-24-23(28)18-13-11-17(12-14-18)22-25-19-9-5-6-10-20(19)26(22)21(15-27)16-7-3-2-4-8-16/h2-14,21,27H,15H2,1H3,(H,24,28)/t21-/m0/s1. The van der Waals surface area contributed by atoms with Gasteiger partial charge in [0, 0.05) is 18.2 Å². The summed E-state index contributed by atoms with van der Waals surface area (Å²) in [5, 5.41) is 12.9. The van der Waals surface area contributed by atoms with E-state index in [4.69, 9.17) is 4.98 Å². The van der Waals surface area contributed by atoms with E-state index < -0.39 is 0 Å². The summed E-state index contributed by atoms with van der Waals surface area (Å²) in [6.07, 6.45) is 0. The van der Waals surface area contributed by atoms with Gasteiger partial charge in [-0.3, -0.25) is 4.79 Å². The van der Waals surface area contributed by atoms with E-state index in [0.29, 0.717) is 5.56 Å². The molecule has 1 heterocycles. The number of nitrogens with one attached hydrogen (secondary N) is 1. The van der Waals surface area contributed by atoms with Crippen molar-refractivity contribution in [2.24, 2.45) is 0 Å². The minimum atomic E-state index is -0.262. The lowest BCUT2D eigenvalue weighted by molar-refractivity contribution is 0.0963. The Morgan fingerprint density at radius 1 is 1.00 bits per heavy atom. The van der Waals surface area contributed by atoms with Gasteiger partial charge in [0.1, 0.15) is 5.82 Å². The van der Waals surface area contributed by atoms with Crippen molar-refractivity contribution in [3.05, 3.63) is 90.0 Å². The van der Waals surface area contributed by atoms with Crippen molar-refractivity contribution in [3.8, 4) is 11.4 Å². The Labute approximate surface area is 163 Å². The van der Waals surface area contributed by atoms with E-state index in [1.54, 1.807) is 19.2 Å². The Balaban J connectivity index is 1.89. The normalized spacial score (nSPS) is 12.1. The summed E-state index contributed by atoms with van der Waals surface area (Å²) >= 11 is 0. The van der Waals surface area contributed by atoms with Crippen LogP contribution in [0.2, 0.25) is 0 Å². The third kappa shape index (κ3) is 3.17. The van der Waals surface area contributed by atoms with Crippen molar-refractivity contribution in [2.45, 2.75) is 6.04 Å². The molecule has 3 aromatic carbocycles. The van der Waals surface area contributed by atoms with Crippen molar-refractivity contribution < 1.29 is 9.90 Å². The monoisotopic (exact) mass is 371 g/mol. The van der Waals surface area contributed by atoms with Crippen LogP contribution in [0, 0.1) is 0 Å². The molecule has 140 valence electrons. The molecule has 0 unspecified atom stereocenters. The zero-order valence-electron chi connectivity index (χ0n) is 15.5. The van der Waals surface area contributed by atoms with E-state index in [-0.39, 0.29) is 18.6 Å². The molecule has 0 saturated heterocycles. The molecule has 2 N–H and O–H groups in total. The lowest BCUT2D eigenvalue weighted by Gasteiger charge is -2.20. The number of nitrogens with zero attached hydrogens (tertiary/aromatic N) is 2. The van der Waals surface area contributed by atoms with Crippen LogP contribution in [0.5, 0.6) is 0 Å². The molecule has 1 amide bonds. The fourth-order valence-electron chi connectivity index (χ4n) is 3.49. The molecule has 0 saturated carbocycles. The van der Waals surface area contributed by atoms with Gasteiger partial charge in [-0.05, 0) is 29.8 Å². The Bertz CT molecular complexity index is 1100. The highest BCUT2D eigenvalue weighted by atomic mass is 16.3. The van der Waals surface area contributed by atoms with Crippen molar-refractivity contribution in [1.29, 1.82) is 0 Å². The zero-order chi connectivity index (χ0) is 19.5. The Morgan fingerprint density at radius 3 is 2.36 bits per heavy atom. The first kappa shape index (κ1) is 17.9. The smallest absolute Gasteiger partial charge is 0.251 e. The summed E-state index contributed by atoms with van der Waals surface area (Å²) in [4.78, 5) is 16.7. The van der Waals surface area contributed by atoms with E-state index in [1.165, 1.54) is 0 Å². The average molecular weight is 371 g/mol. The molecule has 1 atom stereocenters. The molecule has 5 heteroatoms. The van der Waals surface area contributed by atoms with Gasteiger partial charge in [-0.25, -0.2) is 4.98 Å². The van der Waals surface area contributed by atoms with Gasteiger partial charge in [0.05, 0.1) is 23.7 Å². The lowest BCUT2D eigenvalue weighted by Crippen LogP contribution is -2.17. The van der Waals surface area contributed by atoms with Crippen LogP contribution in [0.3, 0.4) is 0 Å². The minimum absolute atomic E-state index is 0.0479. The van der Waals surface area contributed by atoms with Gasteiger partial charge < -0.3 is 15.0 Å². The number of amides is 1. The fourth-order valence-corrected chi connectivity index (χ4v) is 3.49. The molecule has 0 aliphatic rings. The van der Waals surface area contributed by atoms with Gasteiger partial charge in [0.15, 0.2) is 0 Å². The molecule has 4 aromatic rings. The summed E-state index contributed by atoms with van der Waals surface area (Å²) in [5.74, 6) is 0.630. The van der Waals surface area contributed by atoms with Crippen LogP contribution in [0.15, 0.2) is 78.9 Å². The number of hydrogen-bond donors (Lipinski definition) is 2. The maximum atomic E-state index is 11.8. The summed E-state index contributed by atoms with van der Waals surface area (Å²) in [5.41, 5.74) is 4.31. The Hall–Kier alpha value is -3.44. The predicted molar refractivity (Wildman–Crippen MR) is 110 cm³/mol. The predicted octanol–water partition coefficient (Wildman–Crippen LogP) is 3.64. The van der Waals surface area contributed by atoms with Crippen LogP contribution in [0.1, 0.15) is 22.0 Å². The number of carbonyl (C=O) groups is 1. The van der Waals surface area contributed by atoms with Crippen LogP contribution < -0.4 is 5.32 Å². The Morgan fingerprint density at radius 2 is 1.68 bits per heavy atom. The molecule has 0 aliphatic carbocycles. The van der Waals surface area contributed by atoms with E-state index in [0.717, 1.165) is 28.0 Å². The summed E-state index contributed by atoms with van der Waals surface area (Å²) in [6.45, 7) is -0.0479. The Kier molecular flexibility index (Phi) is 4.91. The molecular formula is C23H21N3O2. The molecule has 1 aromatic heterocycles. The van der Waals surface area contributed by atoms with Crippen LogP contribution in [0.4, 0.5) is 0 Å². The lowest BCUT2D eigenvalue weighted by atomic mass is 10.1. The summed E-state index contributed by atoms with van der Waals surface area (Å²) < 4.78 is 2.07. The van der Waals surface area contributed by atoms with Gasteiger partial charge in [-0.15, -0.1) is 0 Å². The topological polar surface area (TPSA) is 67.2 Å². The van der Waals surface area contributed by atoms with E-state index in [2.05, 4.69) is 9.88 Å². The first-order valence-corrected chi connectivity index (χ1v) is 9.18. The third-order valence-corrected chi connectivity index (χ3v) is 4.90. The van der Waals surface area contributed by atoms with Crippen LogP contribution in [-0.4, -0.2) is 34.2 Å². The number of benzene rings is 3. The number of rotatable bonds is 5. The van der Waals surface area contributed by atoms with Gasteiger partial charge in [-0.1, -0.05) is 54.6 Å². The fraction of sp³-hybridized carbons (Fsp3) is 0.130. The maximum Gasteiger partial charge on any atom is 0.251 e. The number of aliphatic hydroxyl groups is 1. The molecule has 0 radical (unpaired) electrons. The van der Waals surface area contributed by atoms with E-state index in [9.17, 15) is 9.90 Å². The van der Waals surface area contributed by atoms with Gasteiger partial charge in [0.25, 0.3) is 5.91 Å². The number of fused-ring (bicyclic) bond motifs is 1. The van der Waals surface area contributed by atoms with Crippen molar-refractivity contribution in [1.82, 2.24) is 14.9 Å². The second kappa shape index (κ2) is 7.66. The molecule has 4 rings (SSSR count). The summed E-state index contributed by atoms with van der Waals surface area (Å²) in [7, 11) is 1.61. The van der Waals surface area contributed by atoms with E-state index >= 15 is 0 Å². The van der Waals surface area contributed by atoms with Gasteiger partial charge >= 0.3 is 0 Å². The number of imidazole rings is 1. The van der Waals surface area contributed by atoms with Crippen molar-refractivity contribution >= 4 is 16.9 Å². The average Bonchev–Trinajstić information content (AvgIpc) is 3.14. The second-order valence-electron chi connectivity index (χ2n) is 6.56. The molecule has 5 nitrogen and oxygen atoms in total. The number of aromatic nitrogens is 2. The maximum absolute atomic E-state index is 11.8. The second-order valence-corrected chi connectivity index (χ2v) is 6.56. The van der Waals surface area contributed by atoms with Gasteiger partial charge in [-0.2, -0.15) is 0 Å². The van der Waals surface area contributed by atoms with E-state index in [1.807, 2.05) is 66.7 Å². The van der Waals surface area contributed by atoms with Crippen LogP contribution in [0.25, 0.3) is 22.4 Å². The minimum Gasteiger partial charge on any atom is -0.394 e. The van der Waals surface area contributed by atoms with Crippen molar-refractivity contribution in [2.75, 3.05) is 13.7 Å². The molecule has 0 spiro atoms. The third-order valence-electron chi connectivity index (χ3n) is 4.90. The molecule has 28 heavy (non-hydrogen) atoms. The number of hydrogen-bond acceptors (Lipinski definition) is 3. The highest BCUT2D eigenvalue weighted by Gasteiger charge is 2.21. The van der Waals surface area contributed by atoms with Crippen molar-refractivity contribution in [3.63, 3.8) is 0 Å². The molecule has 0 bridgehead atoms. The number of aliphatic hydroxyl groups excluding tert-OH is 1. The highest BCUT2D eigenvalue weighted by Crippen LogP contribution is 2.31. The highest BCUT2D eigenvalue weighted by molar-refractivity contribution is 5.94. The van der Waals surface area contributed by atoms with Gasteiger partial charge in [0.2, 0.25) is 0 Å². The first-order valence-electron chi connectivity index (χ1n) is 9.18. The SMILES string of the molecule is CNC(=O)c1ccc(-c2nc3ccccc3n2[C@@H](CO)c2ccccc2)cc1. The van der Waals surface area contributed by atoms with Crippen LogP contribution in [-0.2, 0) is 0 Å². The molecule has 0 fully saturated rings. The largest absolute Gasteiger partial charge is 0.394 e. The molecular weight excluding hydrogens is 350 g/mol. The first-order chi connectivity index (χ1) is 13.7. The number of para-hydroxylation sites is 2. The van der Waals surface area contributed by atoms with Crippen LogP contribution >= 0.6 is 0 Å². The zero-order valence-corrected chi connectivity index (χ0v) is 15.5. The number of carbonyl (C=O) groups excluding carboxylic acids is 1. The summed E-state index contributed by atoms with van der Waals surface area (Å²) in [6, 6.07) is 24.9.